The molecule has 2 aliphatic heterocycles. The predicted molar refractivity (Wildman–Crippen MR) is 117 cm³/mol. The lowest BCUT2D eigenvalue weighted by molar-refractivity contribution is -0.131. The first kappa shape index (κ1) is 22.3. The van der Waals surface area contributed by atoms with E-state index in [9.17, 15) is 9.59 Å². The molecule has 2 aromatic rings. The van der Waals surface area contributed by atoms with Crippen molar-refractivity contribution in [2.45, 2.75) is 44.6 Å². The Morgan fingerprint density at radius 1 is 1.28 bits per heavy atom. The van der Waals surface area contributed by atoms with Crippen LogP contribution in [-0.4, -0.2) is 71.4 Å². The van der Waals surface area contributed by atoms with Gasteiger partial charge in [-0.2, -0.15) is 5.10 Å². The summed E-state index contributed by atoms with van der Waals surface area (Å²) in [6, 6.07) is 7.56. The molecule has 0 bridgehead atoms. The molecule has 0 aliphatic carbocycles. The second-order valence-electron chi connectivity index (χ2n) is 8.54. The second kappa shape index (κ2) is 10.1. The molecular formula is C23H31N5O4. The summed E-state index contributed by atoms with van der Waals surface area (Å²) in [5.41, 5.74) is 1.06. The minimum absolute atomic E-state index is 0.0289. The first-order chi connectivity index (χ1) is 15.5. The normalized spacial score (nSPS) is 21.5. The first-order valence-corrected chi connectivity index (χ1v) is 11.2. The maximum atomic E-state index is 13.0. The van der Waals surface area contributed by atoms with Crippen LogP contribution >= 0.6 is 0 Å². The topological polar surface area (TPSA) is 109 Å². The number of nitrogens with one attached hydrogen (secondary N) is 2. The summed E-state index contributed by atoms with van der Waals surface area (Å²) >= 11 is 0. The monoisotopic (exact) mass is 441 g/mol. The van der Waals surface area contributed by atoms with Crippen LogP contribution in [0.4, 0.5) is 0 Å². The number of benzene rings is 1. The molecule has 1 aromatic carbocycles. The van der Waals surface area contributed by atoms with E-state index >= 15 is 0 Å². The number of rotatable bonds is 7. The molecule has 2 N–H and O–H groups in total. The van der Waals surface area contributed by atoms with Gasteiger partial charge in [-0.1, -0.05) is 12.1 Å². The molecule has 2 amide bonds. The van der Waals surface area contributed by atoms with Crippen molar-refractivity contribution < 1.29 is 19.1 Å². The summed E-state index contributed by atoms with van der Waals surface area (Å²) in [5.74, 6) is 2.06. The largest absolute Gasteiger partial charge is 0.497 e. The van der Waals surface area contributed by atoms with Crippen molar-refractivity contribution in [1.29, 1.82) is 0 Å². The molecule has 4 rings (SSSR count). The number of ether oxygens (including phenoxy) is 2. The fourth-order valence-electron chi connectivity index (χ4n) is 4.44. The average Bonchev–Trinajstić information content (AvgIpc) is 3.44. The number of likely N-dealkylation sites (tertiary alicyclic amines) is 1. The van der Waals surface area contributed by atoms with E-state index in [2.05, 4.69) is 20.5 Å². The van der Waals surface area contributed by atoms with Gasteiger partial charge in [0.15, 0.2) is 5.82 Å². The number of aryl methyl sites for hydroxylation is 2. The number of hydrogen-bond donors (Lipinski definition) is 2. The molecular weight excluding hydrogens is 410 g/mol. The highest BCUT2D eigenvalue weighted by atomic mass is 16.5. The second-order valence-corrected chi connectivity index (χ2v) is 8.54. The number of methoxy groups -OCH3 is 1. The summed E-state index contributed by atoms with van der Waals surface area (Å²) in [7, 11) is 1.63. The molecule has 9 nitrogen and oxygen atoms in total. The summed E-state index contributed by atoms with van der Waals surface area (Å²) in [6.07, 6.45) is 2.49. The number of carbonyl (C=O) groups excluding carboxylic acids is 2. The van der Waals surface area contributed by atoms with E-state index in [4.69, 9.17) is 9.47 Å². The van der Waals surface area contributed by atoms with E-state index in [0.717, 1.165) is 30.0 Å². The van der Waals surface area contributed by atoms with Gasteiger partial charge in [0.2, 0.25) is 11.8 Å². The Morgan fingerprint density at radius 3 is 2.81 bits per heavy atom. The lowest BCUT2D eigenvalue weighted by Gasteiger charge is -2.24. The van der Waals surface area contributed by atoms with Gasteiger partial charge in [-0.15, -0.1) is 0 Å². The van der Waals surface area contributed by atoms with Crippen LogP contribution in [0.5, 0.6) is 5.75 Å². The highest BCUT2D eigenvalue weighted by molar-refractivity contribution is 5.80. The third-order valence-corrected chi connectivity index (χ3v) is 6.30. The Labute approximate surface area is 187 Å². The SMILES string of the molecule is COc1cccc(CCC(=O)N2C[C@@H](NC(=O)C3CCOCC3)[C@H](c3n[nH]c(C)n3)C2)c1. The van der Waals surface area contributed by atoms with Crippen molar-refractivity contribution >= 4 is 11.8 Å². The molecule has 1 aromatic heterocycles. The van der Waals surface area contributed by atoms with Gasteiger partial charge in [0.05, 0.1) is 19.1 Å². The van der Waals surface area contributed by atoms with E-state index in [1.165, 1.54) is 0 Å². The maximum absolute atomic E-state index is 13.0. The van der Waals surface area contributed by atoms with Crippen molar-refractivity contribution in [3.63, 3.8) is 0 Å². The number of hydrogen-bond acceptors (Lipinski definition) is 6. The Morgan fingerprint density at radius 2 is 2.09 bits per heavy atom. The smallest absolute Gasteiger partial charge is 0.223 e. The van der Waals surface area contributed by atoms with E-state index in [1.54, 1.807) is 7.11 Å². The van der Waals surface area contributed by atoms with Gasteiger partial charge in [-0.05, 0) is 43.9 Å². The number of H-pyrrole nitrogens is 1. The summed E-state index contributed by atoms with van der Waals surface area (Å²) < 4.78 is 10.6. The lowest BCUT2D eigenvalue weighted by atomic mass is 9.97. The highest BCUT2D eigenvalue weighted by Crippen LogP contribution is 2.27. The maximum Gasteiger partial charge on any atom is 0.223 e. The van der Waals surface area contributed by atoms with Crippen LogP contribution in [0.2, 0.25) is 0 Å². The molecule has 2 saturated heterocycles. The molecule has 0 spiro atoms. The molecule has 0 unspecified atom stereocenters. The Balaban J connectivity index is 1.41. The van der Waals surface area contributed by atoms with Gasteiger partial charge in [0, 0.05) is 38.6 Å². The van der Waals surface area contributed by atoms with Gasteiger partial charge in [-0.25, -0.2) is 4.98 Å². The van der Waals surface area contributed by atoms with Gasteiger partial charge >= 0.3 is 0 Å². The van der Waals surface area contributed by atoms with Crippen LogP contribution < -0.4 is 10.1 Å². The minimum atomic E-state index is -0.207. The van der Waals surface area contributed by atoms with Crippen molar-refractivity contribution in [2.75, 3.05) is 33.4 Å². The Hall–Kier alpha value is -2.94. The van der Waals surface area contributed by atoms with E-state index in [0.29, 0.717) is 45.0 Å². The quantitative estimate of drug-likeness (QED) is 0.675. The van der Waals surface area contributed by atoms with Crippen molar-refractivity contribution in [1.82, 2.24) is 25.4 Å². The van der Waals surface area contributed by atoms with Gasteiger partial charge < -0.3 is 19.7 Å². The molecule has 2 atom stereocenters. The Kier molecular flexibility index (Phi) is 7.04. The van der Waals surface area contributed by atoms with E-state index < -0.39 is 0 Å². The zero-order valence-electron chi connectivity index (χ0n) is 18.7. The molecule has 9 heteroatoms. The van der Waals surface area contributed by atoms with Crippen LogP contribution in [0, 0.1) is 12.8 Å². The number of aromatic amines is 1. The summed E-state index contributed by atoms with van der Waals surface area (Å²) in [5, 5.41) is 10.4. The van der Waals surface area contributed by atoms with Crippen LogP contribution in [-0.2, 0) is 20.7 Å². The van der Waals surface area contributed by atoms with E-state index in [-0.39, 0.29) is 29.7 Å². The zero-order valence-corrected chi connectivity index (χ0v) is 18.7. The summed E-state index contributed by atoms with van der Waals surface area (Å²) in [4.78, 5) is 32.2. The highest BCUT2D eigenvalue weighted by Gasteiger charge is 2.40. The molecule has 0 saturated carbocycles. The van der Waals surface area contributed by atoms with Gasteiger partial charge in [0.1, 0.15) is 11.6 Å². The van der Waals surface area contributed by atoms with Crippen molar-refractivity contribution in [3.05, 3.63) is 41.5 Å². The molecule has 2 aliphatic rings. The molecule has 3 heterocycles. The van der Waals surface area contributed by atoms with Crippen molar-refractivity contribution in [3.8, 4) is 5.75 Å². The number of aromatic nitrogens is 3. The van der Waals surface area contributed by atoms with Crippen LogP contribution in [0.3, 0.4) is 0 Å². The summed E-state index contributed by atoms with van der Waals surface area (Å²) in [6.45, 7) is 4.03. The third-order valence-electron chi connectivity index (χ3n) is 6.30. The zero-order chi connectivity index (χ0) is 22.5. The van der Waals surface area contributed by atoms with Gasteiger partial charge in [-0.3, -0.25) is 14.7 Å². The lowest BCUT2D eigenvalue weighted by Crippen LogP contribution is -2.44. The molecule has 0 radical (unpaired) electrons. The van der Waals surface area contributed by atoms with Crippen LogP contribution in [0.1, 0.15) is 42.4 Å². The molecule has 172 valence electrons. The number of nitrogens with zero attached hydrogens (tertiary/aromatic N) is 3. The third kappa shape index (κ3) is 5.27. The van der Waals surface area contributed by atoms with Gasteiger partial charge in [0.25, 0.3) is 0 Å². The minimum Gasteiger partial charge on any atom is -0.497 e. The standard InChI is InChI=1S/C23H31N5O4/c1-15-24-22(27-26-15)19-13-28(14-20(19)25-23(30)17-8-10-32-11-9-17)21(29)7-6-16-4-3-5-18(12-16)31-2/h3-5,12,17,19-20H,6-11,13-14H2,1-2H3,(H,25,30)(H,24,26,27)/t19-,20-/m1/s1. The first-order valence-electron chi connectivity index (χ1n) is 11.2. The van der Waals surface area contributed by atoms with Crippen molar-refractivity contribution in [2.24, 2.45) is 5.92 Å². The fourth-order valence-corrected chi connectivity index (χ4v) is 4.44. The van der Waals surface area contributed by atoms with Crippen LogP contribution in [0.25, 0.3) is 0 Å². The fraction of sp³-hybridized carbons (Fsp3) is 0.565. The van der Waals surface area contributed by atoms with E-state index in [1.807, 2.05) is 36.1 Å². The number of amides is 2. The molecule has 2 fully saturated rings. The van der Waals surface area contributed by atoms with Crippen LogP contribution in [0.15, 0.2) is 24.3 Å². The molecule has 32 heavy (non-hydrogen) atoms. The average molecular weight is 442 g/mol. The predicted octanol–water partition coefficient (Wildman–Crippen LogP) is 1.59. The Bertz CT molecular complexity index is 940. The number of carbonyl (C=O) groups is 2.